The van der Waals surface area contributed by atoms with E-state index in [-0.39, 0.29) is 35.9 Å². The maximum Gasteiger partial charge on any atom is 0.287 e. The molecular formula is C26H36FNO4. The second-order valence-corrected chi connectivity index (χ2v) is 11.1. The van der Waals surface area contributed by atoms with Crippen LogP contribution in [0.2, 0.25) is 0 Å². The summed E-state index contributed by atoms with van der Waals surface area (Å²) < 4.78 is 15.4. The molecule has 4 aliphatic rings. The molecule has 0 radical (unpaired) electrons. The van der Waals surface area contributed by atoms with Gasteiger partial charge in [-0.15, -0.1) is 0 Å². The number of carbonyl (C=O) groups excluding carboxylic acids is 3. The number of hydrogen-bond acceptors (Lipinski definition) is 4. The number of fused-ring (bicyclic) bond motifs is 5. The monoisotopic (exact) mass is 445 g/mol. The van der Waals surface area contributed by atoms with Gasteiger partial charge in [0.15, 0.2) is 5.78 Å². The first-order valence-corrected chi connectivity index (χ1v) is 12.1. The molecule has 4 aliphatic carbocycles. The van der Waals surface area contributed by atoms with Crippen LogP contribution in [0, 0.1) is 40.4 Å². The number of hydrogen-bond donors (Lipinski definition) is 2. The molecule has 6 heteroatoms. The highest BCUT2D eigenvalue weighted by molar-refractivity contribution is 6.37. The Bertz CT molecular complexity index is 881. The van der Waals surface area contributed by atoms with Gasteiger partial charge in [-0.2, -0.15) is 0 Å². The third kappa shape index (κ3) is 3.41. The van der Waals surface area contributed by atoms with Crippen LogP contribution in [-0.2, 0) is 14.4 Å². The molecule has 0 bridgehead atoms. The van der Waals surface area contributed by atoms with E-state index in [0.29, 0.717) is 18.5 Å². The third-order valence-corrected chi connectivity index (χ3v) is 9.14. The van der Waals surface area contributed by atoms with Gasteiger partial charge >= 0.3 is 0 Å². The summed E-state index contributed by atoms with van der Waals surface area (Å²) in [6.45, 7) is 8.47. The van der Waals surface area contributed by atoms with E-state index in [2.05, 4.69) is 5.32 Å². The summed E-state index contributed by atoms with van der Waals surface area (Å²) in [5.41, 5.74) is -0.785. The molecule has 0 aliphatic heterocycles. The van der Waals surface area contributed by atoms with Crippen molar-refractivity contribution in [2.45, 2.75) is 72.1 Å². The van der Waals surface area contributed by atoms with E-state index in [1.54, 1.807) is 6.08 Å². The number of aliphatic hydroxyl groups excluding tert-OH is 1. The van der Waals surface area contributed by atoms with Crippen LogP contribution in [0.3, 0.4) is 0 Å². The standard InChI is InChI=1S/C26H36FNO4/c1-5-6-9-28-24(32)23(31)21-14(2)10-17-16-12-19(27)18-11-15(29)7-8-25(18,3)22(16)20(30)13-26(17,21)4/h7-8,11,14,16-17,19-22,30H,5-6,9-10,12-13H2,1-4H3,(H,28,32)/t14-,16+,17+,19+,20+,21-,22-,25+,26+/m1/s1. The lowest BCUT2D eigenvalue weighted by molar-refractivity contribution is -0.151. The van der Waals surface area contributed by atoms with Crippen LogP contribution in [0.25, 0.3) is 0 Å². The summed E-state index contributed by atoms with van der Waals surface area (Å²) >= 11 is 0. The number of aliphatic hydroxyl groups is 1. The van der Waals surface area contributed by atoms with Crippen molar-refractivity contribution in [1.82, 2.24) is 5.32 Å². The first-order chi connectivity index (χ1) is 15.0. The Morgan fingerprint density at radius 1 is 1.28 bits per heavy atom. The van der Waals surface area contributed by atoms with Gasteiger partial charge in [0.05, 0.1) is 6.10 Å². The van der Waals surface area contributed by atoms with Crippen molar-refractivity contribution in [3.05, 3.63) is 23.8 Å². The van der Waals surface area contributed by atoms with Gasteiger partial charge < -0.3 is 10.4 Å². The molecule has 0 aromatic rings. The number of halogens is 1. The van der Waals surface area contributed by atoms with E-state index in [1.807, 2.05) is 27.7 Å². The van der Waals surface area contributed by atoms with E-state index < -0.39 is 40.7 Å². The third-order valence-electron chi connectivity index (χ3n) is 9.14. The number of carbonyl (C=O) groups is 3. The van der Waals surface area contributed by atoms with Crippen molar-refractivity contribution in [2.75, 3.05) is 6.54 Å². The van der Waals surface area contributed by atoms with Crippen molar-refractivity contribution >= 4 is 17.5 Å². The predicted molar refractivity (Wildman–Crippen MR) is 119 cm³/mol. The summed E-state index contributed by atoms with van der Waals surface area (Å²) in [7, 11) is 0. The topological polar surface area (TPSA) is 83.5 Å². The second kappa shape index (κ2) is 8.19. The average Bonchev–Trinajstić information content (AvgIpc) is 2.98. The fourth-order valence-electron chi connectivity index (χ4n) is 7.87. The number of unbranched alkanes of at least 4 members (excludes halogenated alkanes) is 1. The molecule has 0 saturated heterocycles. The van der Waals surface area contributed by atoms with Crippen LogP contribution in [0.4, 0.5) is 4.39 Å². The number of rotatable bonds is 5. The van der Waals surface area contributed by atoms with E-state index in [0.717, 1.165) is 19.3 Å². The fourth-order valence-corrected chi connectivity index (χ4v) is 7.87. The first-order valence-electron chi connectivity index (χ1n) is 12.1. The lowest BCUT2D eigenvalue weighted by atomic mass is 9.46. The van der Waals surface area contributed by atoms with Gasteiger partial charge in [0.2, 0.25) is 5.78 Å². The summed E-state index contributed by atoms with van der Waals surface area (Å²) in [6, 6.07) is 0. The largest absolute Gasteiger partial charge is 0.393 e. The zero-order valence-electron chi connectivity index (χ0n) is 19.6. The molecule has 2 N–H and O–H groups in total. The molecule has 176 valence electrons. The van der Waals surface area contributed by atoms with Crippen molar-refractivity contribution in [1.29, 1.82) is 0 Å². The van der Waals surface area contributed by atoms with Crippen LogP contribution >= 0.6 is 0 Å². The smallest absolute Gasteiger partial charge is 0.287 e. The Morgan fingerprint density at radius 3 is 2.69 bits per heavy atom. The Labute approximate surface area is 189 Å². The van der Waals surface area contributed by atoms with Crippen molar-refractivity contribution in [3.8, 4) is 0 Å². The number of allylic oxidation sites excluding steroid dienone is 4. The van der Waals surface area contributed by atoms with Crippen molar-refractivity contribution < 1.29 is 23.9 Å². The van der Waals surface area contributed by atoms with Gasteiger partial charge in [0.1, 0.15) is 6.17 Å². The van der Waals surface area contributed by atoms with E-state index >= 15 is 4.39 Å². The first kappa shape index (κ1) is 23.3. The maximum absolute atomic E-state index is 15.4. The lowest BCUT2D eigenvalue weighted by Gasteiger charge is -2.59. The zero-order chi connectivity index (χ0) is 23.4. The number of amides is 1. The minimum absolute atomic E-state index is 0.00772. The van der Waals surface area contributed by atoms with Crippen molar-refractivity contribution in [2.24, 2.45) is 40.4 Å². The van der Waals surface area contributed by atoms with E-state index in [9.17, 15) is 19.5 Å². The Kier molecular flexibility index (Phi) is 5.98. The minimum atomic E-state index is -1.24. The molecule has 5 nitrogen and oxygen atoms in total. The normalized spacial score (nSPS) is 44.9. The number of nitrogens with one attached hydrogen (secondary N) is 1. The molecular weight excluding hydrogens is 409 g/mol. The van der Waals surface area contributed by atoms with Gasteiger partial charge in [0, 0.05) is 23.8 Å². The summed E-state index contributed by atoms with van der Waals surface area (Å²) in [4.78, 5) is 37.8. The SMILES string of the molecule is CCCCNC(=O)C(=O)[C@H]1[C@H](C)C[C@H]2[C@@H]3C[C@H](F)C4=CC(=O)C=C[C@]4(C)[C@H]3[C@@H](O)C[C@@]21C. The molecule has 9 atom stereocenters. The molecule has 1 amide bonds. The second-order valence-electron chi connectivity index (χ2n) is 11.1. The Morgan fingerprint density at radius 2 is 2.00 bits per heavy atom. The highest BCUT2D eigenvalue weighted by atomic mass is 19.1. The molecule has 4 rings (SSSR count). The van der Waals surface area contributed by atoms with E-state index in [4.69, 9.17) is 0 Å². The highest BCUT2D eigenvalue weighted by Gasteiger charge is 2.66. The minimum Gasteiger partial charge on any atom is -0.393 e. The zero-order valence-corrected chi connectivity index (χ0v) is 19.6. The fraction of sp³-hybridized carbons (Fsp3) is 0.731. The molecule has 0 unspecified atom stereocenters. The van der Waals surface area contributed by atoms with Gasteiger partial charge in [-0.05, 0) is 66.6 Å². The number of Topliss-reactive ketones (excluding diaryl/α,β-unsaturated/α-hetero) is 1. The molecule has 0 aromatic heterocycles. The van der Waals surface area contributed by atoms with Gasteiger partial charge in [-0.1, -0.05) is 40.2 Å². The van der Waals surface area contributed by atoms with Crippen LogP contribution in [0.1, 0.15) is 59.8 Å². The Hall–Kier alpha value is -1.82. The summed E-state index contributed by atoms with van der Waals surface area (Å²) in [5.74, 6) is -1.89. The Balaban J connectivity index is 1.65. The van der Waals surface area contributed by atoms with Gasteiger partial charge in [0.25, 0.3) is 5.91 Å². The summed E-state index contributed by atoms with van der Waals surface area (Å²) in [6.07, 6.45) is 5.86. The van der Waals surface area contributed by atoms with Crippen LogP contribution in [0.5, 0.6) is 0 Å². The van der Waals surface area contributed by atoms with E-state index in [1.165, 1.54) is 12.2 Å². The van der Waals surface area contributed by atoms with Crippen LogP contribution < -0.4 is 5.32 Å². The highest BCUT2D eigenvalue weighted by Crippen LogP contribution is 2.67. The molecule has 0 aromatic carbocycles. The maximum atomic E-state index is 15.4. The van der Waals surface area contributed by atoms with Crippen LogP contribution in [-0.4, -0.2) is 41.4 Å². The molecule has 3 saturated carbocycles. The van der Waals surface area contributed by atoms with Crippen molar-refractivity contribution in [3.63, 3.8) is 0 Å². The quantitative estimate of drug-likeness (QED) is 0.501. The summed E-state index contributed by atoms with van der Waals surface area (Å²) in [5, 5.41) is 14.1. The average molecular weight is 446 g/mol. The molecule has 3 fully saturated rings. The number of alkyl halides is 1. The van der Waals surface area contributed by atoms with Gasteiger partial charge in [-0.3, -0.25) is 14.4 Å². The predicted octanol–water partition coefficient (Wildman–Crippen LogP) is 3.56. The molecule has 32 heavy (non-hydrogen) atoms. The lowest BCUT2D eigenvalue weighted by Crippen LogP contribution is -2.58. The molecule has 0 spiro atoms. The number of ketones is 2. The molecule has 0 heterocycles. The van der Waals surface area contributed by atoms with Gasteiger partial charge in [-0.25, -0.2) is 4.39 Å². The van der Waals surface area contributed by atoms with Crippen LogP contribution in [0.15, 0.2) is 23.8 Å².